The highest BCUT2D eigenvalue weighted by molar-refractivity contribution is 7.40. The van der Waals surface area contributed by atoms with Crippen molar-refractivity contribution < 1.29 is 9.59 Å². The topological polar surface area (TPSA) is 136 Å². The summed E-state index contributed by atoms with van der Waals surface area (Å²) in [5, 5.41) is 8.05. The van der Waals surface area contributed by atoms with Gasteiger partial charge in [-0.2, -0.15) is 0 Å². The molecule has 6 N–H and O–H groups in total. The highest BCUT2D eigenvalue weighted by atomic mass is 32.2. The molecule has 0 saturated heterocycles. The van der Waals surface area contributed by atoms with Gasteiger partial charge in [-0.1, -0.05) is 36.4 Å². The molecule has 4 aromatic heterocycles. The molecule has 0 unspecified atom stereocenters. The van der Waals surface area contributed by atoms with Crippen LogP contribution in [0.25, 0.3) is 31.2 Å². The molecule has 0 fully saturated rings. The maximum atomic E-state index is 13.0. The second-order valence-electron chi connectivity index (χ2n) is 8.09. The zero-order chi connectivity index (χ0) is 24.8. The van der Waals surface area contributed by atoms with E-state index in [0.29, 0.717) is 30.5 Å². The van der Waals surface area contributed by atoms with Gasteiger partial charge in [0, 0.05) is 10.8 Å². The summed E-state index contributed by atoms with van der Waals surface area (Å²) in [7, 11) is 0. The number of amides is 2. The van der Waals surface area contributed by atoms with E-state index >= 15 is 0 Å². The Balaban J connectivity index is 1.26. The number of nitrogen functional groups attached to an aromatic ring is 2. The third-order valence-corrected chi connectivity index (χ3v) is 8.23. The van der Waals surface area contributed by atoms with Gasteiger partial charge >= 0.3 is 0 Å². The summed E-state index contributed by atoms with van der Waals surface area (Å²) in [5.41, 5.74) is 16.0. The SMILES string of the molecule is Nc1c(C(=O)Nc2cnc3ccccc3c2)sc2sc(C(=O)Nc3cnc4ccccc4c3)c(N)c12. The molecule has 8 nitrogen and oxygen atoms in total. The number of nitrogens with one attached hydrogen (secondary N) is 2. The minimum absolute atomic E-state index is 0.251. The number of hydrogen-bond acceptors (Lipinski definition) is 8. The summed E-state index contributed by atoms with van der Waals surface area (Å²) >= 11 is 2.41. The van der Waals surface area contributed by atoms with Gasteiger partial charge in [0.15, 0.2) is 0 Å². The van der Waals surface area contributed by atoms with Gasteiger partial charge < -0.3 is 22.1 Å². The molecule has 6 rings (SSSR count). The Bertz CT molecular complexity index is 1700. The fourth-order valence-corrected chi connectivity index (χ4v) is 6.40. The first kappa shape index (κ1) is 22.0. The summed E-state index contributed by atoms with van der Waals surface area (Å²) in [6.07, 6.45) is 3.20. The molecule has 0 bridgehead atoms. The van der Waals surface area contributed by atoms with Crippen molar-refractivity contribution in [3.63, 3.8) is 0 Å². The number of carbonyl (C=O) groups excluding carboxylic acids is 2. The zero-order valence-corrected chi connectivity index (χ0v) is 20.2. The lowest BCUT2D eigenvalue weighted by Crippen LogP contribution is -2.13. The summed E-state index contributed by atoms with van der Waals surface area (Å²) in [6.45, 7) is 0. The number of thiophene rings is 2. The summed E-state index contributed by atoms with van der Waals surface area (Å²) in [5.74, 6) is -0.712. The van der Waals surface area contributed by atoms with Crippen LogP contribution in [0, 0.1) is 0 Å². The molecule has 6 aromatic rings. The number of nitrogens with zero attached hydrogens (tertiary/aromatic N) is 2. The average molecular weight is 511 g/mol. The highest BCUT2D eigenvalue weighted by Gasteiger charge is 2.25. The van der Waals surface area contributed by atoms with Crippen molar-refractivity contribution in [2.75, 3.05) is 22.1 Å². The van der Waals surface area contributed by atoms with E-state index < -0.39 is 0 Å². The average Bonchev–Trinajstić information content (AvgIpc) is 3.40. The minimum Gasteiger partial charge on any atom is -0.397 e. The van der Waals surface area contributed by atoms with Crippen molar-refractivity contribution in [2.24, 2.45) is 0 Å². The van der Waals surface area contributed by atoms with Crippen molar-refractivity contribution in [1.29, 1.82) is 0 Å². The van der Waals surface area contributed by atoms with Gasteiger partial charge in [0.25, 0.3) is 11.8 Å². The van der Waals surface area contributed by atoms with Crippen LogP contribution in [0.2, 0.25) is 0 Å². The van der Waals surface area contributed by atoms with Gasteiger partial charge in [0.1, 0.15) is 9.75 Å². The van der Waals surface area contributed by atoms with Crippen LogP contribution in [0.4, 0.5) is 22.7 Å². The summed E-state index contributed by atoms with van der Waals surface area (Å²) < 4.78 is 0.702. The Morgan fingerprint density at radius 3 is 1.58 bits per heavy atom. The third kappa shape index (κ3) is 3.78. The van der Waals surface area contributed by atoms with Crippen LogP contribution in [-0.4, -0.2) is 21.8 Å². The predicted molar refractivity (Wildman–Crippen MR) is 148 cm³/mol. The second kappa shape index (κ2) is 8.59. The highest BCUT2D eigenvalue weighted by Crippen LogP contribution is 2.45. The molecular formula is C26H18N6O2S2. The molecule has 0 atom stereocenters. The van der Waals surface area contributed by atoms with Gasteiger partial charge in [0.05, 0.1) is 55.6 Å². The lowest BCUT2D eigenvalue weighted by atomic mass is 10.2. The van der Waals surface area contributed by atoms with Gasteiger partial charge in [-0.05, 0) is 24.3 Å². The summed E-state index contributed by atoms with van der Waals surface area (Å²) in [4.78, 5) is 35.4. The molecule has 0 aliphatic carbocycles. The fraction of sp³-hybridized carbons (Fsp3) is 0. The van der Waals surface area contributed by atoms with E-state index in [2.05, 4.69) is 20.6 Å². The molecule has 36 heavy (non-hydrogen) atoms. The largest absolute Gasteiger partial charge is 0.397 e. The number of aromatic nitrogens is 2. The molecule has 4 heterocycles. The Morgan fingerprint density at radius 1 is 0.694 bits per heavy atom. The van der Waals surface area contributed by atoms with Crippen molar-refractivity contribution in [1.82, 2.24) is 9.97 Å². The van der Waals surface area contributed by atoms with Crippen LogP contribution in [0.5, 0.6) is 0 Å². The molecule has 176 valence electrons. The third-order valence-electron chi connectivity index (χ3n) is 5.73. The first-order valence-corrected chi connectivity index (χ1v) is 12.5. The van der Waals surface area contributed by atoms with E-state index in [1.54, 1.807) is 12.4 Å². The Hall–Kier alpha value is -4.54. The second-order valence-corrected chi connectivity index (χ2v) is 10.4. The maximum Gasteiger partial charge on any atom is 0.267 e. The molecular weight excluding hydrogens is 492 g/mol. The predicted octanol–water partition coefficient (Wildman–Crippen LogP) is 5.73. The number of pyridine rings is 2. The van der Waals surface area contributed by atoms with Crippen LogP contribution in [0.3, 0.4) is 0 Å². The first-order chi connectivity index (χ1) is 17.5. The lowest BCUT2D eigenvalue weighted by Gasteiger charge is -2.07. The van der Waals surface area contributed by atoms with E-state index in [9.17, 15) is 9.59 Å². The number of anilines is 4. The van der Waals surface area contributed by atoms with Gasteiger partial charge in [-0.15, -0.1) is 22.7 Å². The summed E-state index contributed by atoms with van der Waals surface area (Å²) in [6, 6.07) is 19.0. The molecule has 10 heteroatoms. The molecule has 0 spiro atoms. The smallest absolute Gasteiger partial charge is 0.267 e. The Morgan fingerprint density at radius 2 is 1.14 bits per heavy atom. The van der Waals surface area contributed by atoms with E-state index in [-0.39, 0.29) is 23.2 Å². The monoisotopic (exact) mass is 510 g/mol. The van der Waals surface area contributed by atoms with Crippen molar-refractivity contribution >= 4 is 88.4 Å². The molecule has 2 amide bonds. The van der Waals surface area contributed by atoms with E-state index in [1.807, 2.05) is 60.7 Å². The Labute approximate surface area is 212 Å². The normalized spacial score (nSPS) is 11.2. The van der Waals surface area contributed by atoms with Crippen LogP contribution in [-0.2, 0) is 0 Å². The maximum absolute atomic E-state index is 13.0. The van der Waals surface area contributed by atoms with Gasteiger partial charge in [0.2, 0.25) is 0 Å². The minimum atomic E-state index is -0.356. The number of hydrogen-bond donors (Lipinski definition) is 4. The molecule has 0 aliphatic heterocycles. The van der Waals surface area contributed by atoms with Crippen LogP contribution >= 0.6 is 22.7 Å². The van der Waals surface area contributed by atoms with E-state index in [0.717, 1.165) is 21.8 Å². The fourth-order valence-electron chi connectivity index (χ4n) is 4.00. The van der Waals surface area contributed by atoms with Crippen LogP contribution in [0.15, 0.2) is 73.1 Å². The van der Waals surface area contributed by atoms with Gasteiger partial charge in [-0.25, -0.2) is 0 Å². The molecule has 0 radical (unpaired) electrons. The van der Waals surface area contributed by atoms with Crippen LogP contribution < -0.4 is 22.1 Å². The molecule has 2 aromatic carbocycles. The molecule has 0 aliphatic rings. The number of nitrogens with two attached hydrogens (primary N) is 2. The Kier molecular flexibility index (Phi) is 5.24. The zero-order valence-electron chi connectivity index (χ0n) is 18.6. The quantitative estimate of drug-likeness (QED) is 0.239. The van der Waals surface area contributed by atoms with Crippen molar-refractivity contribution in [2.45, 2.75) is 0 Å². The number of fused-ring (bicyclic) bond motifs is 3. The first-order valence-electron chi connectivity index (χ1n) is 10.9. The van der Waals surface area contributed by atoms with E-state index in [1.165, 1.54) is 22.7 Å². The number of carbonyl (C=O) groups is 2. The lowest BCUT2D eigenvalue weighted by molar-refractivity contribution is 0.102. The van der Waals surface area contributed by atoms with Crippen molar-refractivity contribution in [3.05, 3.63) is 82.8 Å². The van der Waals surface area contributed by atoms with Crippen LogP contribution in [0.1, 0.15) is 19.3 Å². The van der Waals surface area contributed by atoms with Gasteiger partial charge in [-0.3, -0.25) is 19.6 Å². The van der Waals surface area contributed by atoms with Crippen molar-refractivity contribution in [3.8, 4) is 0 Å². The van der Waals surface area contributed by atoms with E-state index in [4.69, 9.17) is 11.5 Å². The molecule has 0 saturated carbocycles. The number of rotatable bonds is 4. The number of para-hydroxylation sites is 2. The number of benzene rings is 2. The standard InChI is InChI=1S/C26H18N6O2S2/c27-20-19-21(28)23(25(34)32-16-10-14-6-2-4-8-18(14)30-12-16)36-26(19)35-22(20)24(33)31-15-9-13-5-1-3-7-17(13)29-11-15/h1-12H,27-28H2,(H,31,33)(H,32,34).